The molecule has 0 aromatic carbocycles. The lowest BCUT2D eigenvalue weighted by molar-refractivity contribution is 0.193. The summed E-state index contributed by atoms with van der Waals surface area (Å²) < 4.78 is 0. The van der Waals surface area contributed by atoms with Gasteiger partial charge in [-0.1, -0.05) is 0 Å². The molecule has 18 heavy (non-hydrogen) atoms. The molecule has 0 bridgehead atoms. The van der Waals surface area contributed by atoms with Crippen molar-refractivity contribution in [3.8, 4) is 0 Å². The molecule has 94 valence electrons. The minimum atomic E-state index is -0.553. The van der Waals surface area contributed by atoms with Crippen LogP contribution < -0.4 is 0 Å². The van der Waals surface area contributed by atoms with Gasteiger partial charge in [0.05, 0.1) is 30.6 Å². The fraction of sp³-hybridized carbons (Fsp3) is 0.231. The van der Waals surface area contributed by atoms with Gasteiger partial charge in [-0.3, -0.25) is 9.98 Å². The highest BCUT2D eigenvalue weighted by atomic mass is 16.3. The molecule has 0 aliphatic carbocycles. The average molecular weight is 244 g/mol. The number of aromatic amines is 2. The third-order valence-corrected chi connectivity index (χ3v) is 2.34. The van der Waals surface area contributed by atoms with E-state index in [9.17, 15) is 5.11 Å². The van der Waals surface area contributed by atoms with Gasteiger partial charge in [-0.2, -0.15) is 0 Å². The SMILES string of the molecule is OC(CN=Cc1ccc[nH]1)CN=Cc1ccc[nH]1. The fourth-order valence-electron chi connectivity index (χ4n) is 1.45. The van der Waals surface area contributed by atoms with E-state index in [2.05, 4.69) is 20.0 Å². The van der Waals surface area contributed by atoms with E-state index in [0.29, 0.717) is 13.1 Å². The first-order valence-corrected chi connectivity index (χ1v) is 5.79. The van der Waals surface area contributed by atoms with Crippen molar-refractivity contribution < 1.29 is 5.11 Å². The lowest BCUT2D eigenvalue weighted by Crippen LogP contribution is -2.15. The number of nitrogens with zero attached hydrogens (tertiary/aromatic N) is 2. The zero-order valence-electron chi connectivity index (χ0n) is 9.95. The van der Waals surface area contributed by atoms with Crippen LogP contribution in [0.5, 0.6) is 0 Å². The summed E-state index contributed by atoms with van der Waals surface area (Å²) in [7, 11) is 0. The first kappa shape index (κ1) is 12.3. The second kappa shape index (κ2) is 6.56. The van der Waals surface area contributed by atoms with Gasteiger partial charge < -0.3 is 15.1 Å². The first-order valence-electron chi connectivity index (χ1n) is 5.79. The molecule has 0 amide bonds. The summed E-state index contributed by atoms with van der Waals surface area (Å²) in [6, 6.07) is 7.63. The van der Waals surface area contributed by atoms with Crippen LogP contribution in [0.3, 0.4) is 0 Å². The standard InChI is InChI=1S/C13H16N4O/c18-13(9-14-7-11-3-1-5-16-11)10-15-8-12-4-2-6-17-12/h1-8,13,16-18H,9-10H2. The zero-order valence-corrected chi connectivity index (χ0v) is 9.95. The number of rotatable bonds is 6. The van der Waals surface area contributed by atoms with Crippen molar-refractivity contribution in [2.45, 2.75) is 6.10 Å². The molecule has 0 aliphatic heterocycles. The summed E-state index contributed by atoms with van der Waals surface area (Å²) in [5.41, 5.74) is 1.86. The summed E-state index contributed by atoms with van der Waals surface area (Å²) in [5.74, 6) is 0. The summed E-state index contributed by atoms with van der Waals surface area (Å²) in [6.07, 6.45) is 6.52. The highest BCUT2D eigenvalue weighted by Crippen LogP contribution is 1.93. The number of aliphatic hydroxyl groups excluding tert-OH is 1. The van der Waals surface area contributed by atoms with Crippen LogP contribution in [0.4, 0.5) is 0 Å². The molecule has 5 heteroatoms. The molecule has 0 radical (unpaired) electrons. The van der Waals surface area contributed by atoms with Gasteiger partial charge in [0.1, 0.15) is 0 Å². The van der Waals surface area contributed by atoms with Crippen molar-refractivity contribution in [1.82, 2.24) is 9.97 Å². The molecule has 3 N–H and O–H groups in total. The van der Waals surface area contributed by atoms with Crippen LogP contribution in [-0.2, 0) is 0 Å². The van der Waals surface area contributed by atoms with Gasteiger partial charge in [0.2, 0.25) is 0 Å². The topological polar surface area (TPSA) is 76.5 Å². The van der Waals surface area contributed by atoms with Crippen LogP contribution in [-0.4, -0.2) is 46.7 Å². The van der Waals surface area contributed by atoms with E-state index in [1.54, 1.807) is 12.4 Å². The predicted molar refractivity (Wildman–Crippen MR) is 72.5 cm³/mol. The first-order chi connectivity index (χ1) is 8.84. The van der Waals surface area contributed by atoms with Crippen molar-refractivity contribution in [3.63, 3.8) is 0 Å². The summed E-state index contributed by atoms with van der Waals surface area (Å²) in [4.78, 5) is 14.3. The van der Waals surface area contributed by atoms with E-state index in [1.807, 2.05) is 36.7 Å². The number of hydrogen-bond acceptors (Lipinski definition) is 3. The Kier molecular flexibility index (Phi) is 4.49. The molecular weight excluding hydrogens is 228 g/mol. The monoisotopic (exact) mass is 244 g/mol. The van der Waals surface area contributed by atoms with Crippen molar-refractivity contribution in [1.29, 1.82) is 0 Å². The Balaban J connectivity index is 1.70. The second-order valence-electron chi connectivity index (χ2n) is 3.89. The third-order valence-electron chi connectivity index (χ3n) is 2.34. The molecule has 2 aromatic heterocycles. The summed E-state index contributed by atoms with van der Waals surface area (Å²) in [6.45, 7) is 0.697. The lowest BCUT2D eigenvalue weighted by Gasteiger charge is -2.02. The third kappa shape index (κ3) is 4.03. The zero-order chi connectivity index (χ0) is 12.6. The van der Waals surface area contributed by atoms with E-state index in [0.717, 1.165) is 11.4 Å². The maximum absolute atomic E-state index is 9.66. The van der Waals surface area contributed by atoms with E-state index >= 15 is 0 Å². The molecule has 0 spiro atoms. The molecule has 0 unspecified atom stereocenters. The minimum Gasteiger partial charge on any atom is -0.389 e. The van der Waals surface area contributed by atoms with Gasteiger partial charge >= 0.3 is 0 Å². The Morgan fingerprint density at radius 1 is 1.00 bits per heavy atom. The van der Waals surface area contributed by atoms with Gasteiger partial charge in [0.15, 0.2) is 0 Å². The van der Waals surface area contributed by atoms with E-state index in [-0.39, 0.29) is 0 Å². The molecule has 0 saturated heterocycles. The fourth-order valence-corrected chi connectivity index (χ4v) is 1.45. The average Bonchev–Trinajstić information content (AvgIpc) is 3.01. The largest absolute Gasteiger partial charge is 0.389 e. The Morgan fingerprint density at radius 3 is 1.89 bits per heavy atom. The van der Waals surface area contributed by atoms with Gasteiger partial charge in [-0.15, -0.1) is 0 Å². The Labute approximate surface area is 105 Å². The predicted octanol–water partition coefficient (Wildman–Crippen LogP) is 1.24. The van der Waals surface area contributed by atoms with Crippen LogP contribution >= 0.6 is 0 Å². The highest BCUT2D eigenvalue weighted by Gasteiger charge is 1.99. The molecule has 0 aliphatic rings. The van der Waals surface area contributed by atoms with Gasteiger partial charge in [-0.25, -0.2) is 0 Å². The maximum Gasteiger partial charge on any atom is 0.0929 e. The van der Waals surface area contributed by atoms with Crippen LogP contribution in [0.25, 0.3) is 0 Å². The van der Waals surface area contributed by atoms with Crippen LogP contribution in [0.15, 0.2) is 46.6 Å². The highest BCUT2D eigenvalue weighted by molar-refractivity contribution is 5.77. The molecule has 0 saturated carbocycles. The van der Waals surface area contributed by atoms with E-state index in [4.69, 9.17) is 0 Å². The number of hydrogen-bond donors (Lipinski definition) is 3. The lowest BCUT2D eigenvalue weighted by atomic mass is 10.3. The smallest absolute Gasteiger partial charge is 0.0929 e. The number of H-pyrrole nitrogens is 2. The van der Waals surface area contributed by atoms with Crippen molar-refractivity contribution in [2.24, 2.45) is 9.98 Å². The quantitative estimate of drug-likeness (QED) is 0.657. The van der Waals surface area contributed by atoms with Gasteiger partial charge in [-0.05, 0) is 24.3 Å². The summed E-state index contributed by atoms with van der Waals surface area (Å²) in [5, 5.41) is 9.66. The van der Waals surface area contributed by atoms with E-state index < -0.39 is 6.10 Å². The minimum absolute atomic E-state index is 0.348. The Morgan fingerprint density at radius 2 is 1.50 bits per heavy atom. The van der Waals surface area contributed by atoms with Crippen LogP contribution in [0.1, 0.15) is 11.4 Å². The summed E-state index contributed by atoms with van der Waals surface area (Å²) >= 11 is 0. The maximum atomic E-state index is 9.66. The molecular formula is C13H16N4O. The van der Waals surface area contributed by atoms with Gasteiger partial charge in [0, 0.05) is 24.8 Å². The van der Waals surface area contributed by atoms with Crippen molar-refractivity contribution in [2.75, 3.05) is 13.1 Å². The number of aliphatic imine (C=N–C) groups is 2. The number of aliphatic hydroxyl groups is 1. The molecule has 5 nitrogen and oxygen atoms in total. The van der Waals surface area contributed by atoms with Crippen LogP contribution in [0, 0.1) is 0 Å². The Hall–Kier alpha value is -2.14. The molecule has 0 atom stereocenters. The number of aromatic nitrogens is 2. The molecule has 2 rings (SSSR count). The number of nitrogens with one attached hydrogen (secondary N) is 2. The van der Waals surface area contributed by atoms with Gasteiger partial charge in [0.25, 0.3) is 0 Å². The van der Waals surface area contributed by atoms with Crippen LogP contribution in [0.2, 0.25) is 0 Å². The van der Waals surface area contributed by atoms with Crippen molar-refractivity contribution in [3.05, 3.63) is 48.0 Å². The molecule has 2 aromatic rings. The molecule has 2 heterocycles. The second-order valence-corrected chi connectivity index (χ2v) is 3.89. The normalized spacial score (nSPS) is 13.6. The van der Waals surface area contributed by atoms with Crippen molar-refractivity contribution >= 4 is 12.4 Å². The Bertz CT molecular complexity index is 439. The molecule has 0 fully saturated rings. The van der Waals surface area contributed by atoms with E-state index in [1.165, 1.54) is 0 Å².